The molecule has 1 aromatic heterocycles. The molecule has 0 radical (unpaired) electrons. The van der Waals surface area contributed by atoms with E-state index in [9.17, 15) is 14.4 Å². The van der Waals surface area contributed by atoms with Crippen molar-refractivity contribution in [3.63, 3.8) is 0 Å². The molecule has 126 valence electrons. The summed E-state index contributed by atoms with van der Waals surface area (Å²) in [6, 6.07) is 0.0606. The summed E-state index contributed by atoms with van der Waals surface area (Å²) in [4.78, 5) is 35.7. The lowest BCUT2D eigenvalue weighted by Gasteiger charge is -2.19. The van der Waals surface area contributed by atoms with Gasteiger partial charge in [0.05, 0.1) is 7.11 Å². The summed E-state index contributed by atoms with van der Waals surface area (Å²) >= 11 is 0. The van der Waals surface area contributed by atoms with Gasteiger partial charge in [-0.1, -0.05) is 5.16 Å². The lowest BCUT2D eigenvalue weighted by molar-refractivity contribution is 0.0894. The topological polar surface area (TPSA) is 120 Å². The minimum absolute atomic E-state index is 0.0606. The molecule has 23 heavy (non-hydrogen) atoms. The molecular formula is C14H19N3O6. The van der Waals surface area contributed by atoms with Gasteiger partial charge >= 0.3 is 6.16 Å². The Hall–Kier alpha value is -2.58. The molecule has 0 spiro atoms. The monoisotopic (exact) mass is 325 g/mol. The average molecular weight is 325 g/mol. The highest BCUT2D eigenvalue weighted by molar-refractivity contribution is 6.02. The molecule has 1 aliphatic rings. The van der Waals surface area contributed by atoms with Gasteiger partial charge in [-0.2, -0.15) is 0 Å². The van der Waals surface area contributed by atoms with Crippen molar-refractivity contribution >= 4 is 18.0 Å². The average Bonchev–Trinajstić information content (AvgIpc) is 3.14. The first-order valence-electron chi connectivity index (χ1n) is 7.10. The Bertz CT molecular complexity index is 627. The van der Waals surface area contributed by atoms with Gasteiger partial charge in [0.15, 0.2) is 0 Å². The summed E-state index contributed by atoms with van der Waals surface area (Å²) in [6.45, 7) is 5.31. The van der Waals surface area contributed by atoms with Crippen LogP contribution in [0.4, 0.5) is 4.79 Å². The largest absolute Gasteiger partial charge is 0.513 e. The van der Waals surface area contributed by atoms with Gasteiger partial charge in [0.1, 0.15) is 0 Å². The third-order valence-electron chi connectivity index (χ3n) is 2.82. The summed E-state index contributed by atoms with van der Waals surface area (Å²) in [7, 11) is 1.11. The quantitative estimate of drug-likeness (QED) is 0.799. The van der Waals surface area contributed by atoms with E-state index in [0.29, 0.717) is 0 Å². The fraction of sp³-hybridized carbons (Fsp3) is 0.571. The Morgan fingerprint density at radius 2 is 1.87 bits per heavy atom. The molecule has 2 rings (SSSR count). The number of nitrogens with one attached hydrogen (secondary N) is 2. The SMILES string of the molecule is COC(=O)Oc1c(C(=O)NC(C)(C)C)noc1C(=O)NC1CC1. The van der Waals surface area contributed by atoms with E-state index in [0.717, 1.165) is 20.0 Å². The Morgan fingerprint density at radius 1 is 1.22 bits per heavy atom. The molecule has 1 aromatic rings. The highest BCUT2D eigenvalue weighted by Gasteiger charge is 2.34. The predicted octanol–water partition coefficient (Wildman–Crippen LogP) is 1.24. The summed E-state index contributed by atoms with van der Waals surface area (Å²) < 4.78 is 14.2. The van der Waals surface area contributed by atoms with Crippen molar-refractivity contribution in [2.75, 3.05) is 7.11 Å². The highest BCUT2D eigenvalue weighted by Crippen LogP contribution is 2.27. The Kier molecular flexibility index (Phi) is 4.57. The van der Waals surface area contributed by atoms with Crippen LogP contribution in [0.25, 0.3) is 0 Å². The number of carbonyl (C=O) groups excluding carboxylic acids is 3. The van der Waals surface area contributed by atoms with E-state index in [-0.39, 0.29) is 23.2 Å². The molecule has 0 atom stereocenters. The van der Waals surface area contributed by atoms with Gasteiger partial charge in [-0.25, -0.2) is 4.79 Å². The third-order valence-corrected chi connectivity index (χ3v) is 2.82. The molecule has 0 aromatic carbocycles. The fourth-order valence-corrected chi connectivity index (χ4v) is 1.67. The number of rotatable bonds is 4. The van der Waals surface area contributed by atoms with E-state index in [1.165, 1.54) is 0 Å². The molecule has 2 N–H and O–H groups in total. The molecule has 0 unspecified atom stereocenters. The molecule has 2 amide bonds. The lowest BCUT2D eigenvalue weighted by atomic mass is 10.1. The van der Waals surface area contributed by atoms with Crippen molar-refractivity contribution in [3.05, 3.63) is 11.5 Å². The van der Waals surface area contributed by atoms with Crippen LogP contribution in [0.5, 0.6) is 5.75 Å². The van der Waals surface area contributed by atoms with Gasteiger partial charge in [0.25, 0.3) is 17.6 Å². The van der Waals surface area contributed by atoms with Crippen molar-refractivity contribution in [2.45, 2.75) is 45.2 Å². The smallest absolute Gasteiger partial charge is 0.437 e. The Balaban J connectivity index is 2.29. The molecule has 1 fully saturated rings. The number of ether oxygens (including phenoxy) is 2. The zero-order chi connectivity index (χ0) is 17.2. The van der Waals surface area contributed by atoms with E-state index in [1.807, 2.05) is 0 Å². The van der Waals surface area contributed by atoms with Gasteiger partial charge in [-0.15, -0.1) is 0 Å². The predicted molar refractivity (Wildman–Crippen MR) is 77.2 cm³/mol. The van der Waals surface area contributed by atoms with Crippen molar-refractivity contribution in [3.8, 4) is 5.75 Å². The van der Waals surface area contributed by atoms with Gasteiger partial charge in [-0.3, -0.25) is 9.59 Å². The number of aromatic nitrogens is 1. The minimum atomic E-state index is -1.08. The van der Waals surface area contributed by atoms with Crippen molar-refractivity contribution < 1.29 is 28.4 Å². The van der Waals surface area contributed by atoms with Crippen LogP contribution in [0.2, 0.25) is 0 Å². The van der Waals surface area contributed by atoms with Crippen LogP contribution in [-0.4, -0.2) is 41.8 Å². The van der Waals surface area contributed by atoms with E-state index in [1.54, 1.807) is 20.8 Å². The van der Waals surface area contributed by atoms with Gasteiger partial charge in [0.2, 0.25) is 11.4 Å². The second kappa shape index (κ2) is 6.27. The Morgan fingerprint density at radius 3 is 2.39 bits per heavy atom. The molecular weight excluding hydrogens is 306 g/mol. The van der Waals surface area contributed by atoms with Crippen LogP contribution in [0, 0.1) is 0 Å². The third kappa shape index (κ3) is 4.44. The molecule has 1 saturated carbocycles. The number of nitrogens with zero attached hydrogens (tertiary/aromatic N) is 1. The second-order valence-corrected chi connectivity index (χ2v) is 6.20. The second-order valence-electron chi connectivity index (χ2n) is 6.20. The van der Waals surface area contributed by atoms with Crippen LogP contribution in [0.15, 0.2) is 4.52 Å². The van der Waals surface area contributed by atoms with Crippen LogP contribution < -0.4 is 15.4 Å². The summed E-state index contributed by atoms with van der Waals surface area (Å²) in [5.74, 6) is -1.95. The molecule has 0 aliphatic heterocycles. The van der Waals surface area contributed by atoms with E-state index in [2.05, 4.69) is 20.5 Å². The highest BCUT2D eigenvalue weighted by atomic mass is 16.7. The zero-order valence-corrected chi connectivity index (χ0v) is 13.4. The van der Waals surface area contributed by atoms with Crippen molar-refractivity contribution in [1.29, 1.82) is 0 Å². The zero-order valence-electron chi connectivity index (χ0n) is 13.4. The van der Waals surface area contributed by atoms with Crippen LogP contribution in [0.1, 0.15) is 54.7 Å². The summed E-state index contributed by atoms with van der Waals surface area (Å²) in [6.07, 6.45) is 0.646. The van der Waals surface area contributed by atoms with Gasteiger partial charge in [-0.05, 0) is 33.6 Å². The van der Waals surface area contributed by atoms with Crippen molar-refractivity contribution in [2.24, 2.45) is 0 Å². The van der Waals surface area contributed by atoms with Crippen LogP contribution >= 0.6 is 0 Å². The maximum Gasteiger partial charge on any atom is 0.513 e. The van der Waals surface area contributed by atoms with Crippen molar-refractivity contribution in [1.82, 2.24) is 15.8 Å². The number of amides is 2. The number of carbonyl (C=O) groups is 3. The first-order valence-corrected chi connectivity index (χ1v) is 7.10. The van der Waals surface area contributed by atoms with E-state index < -0.39 is 23.5 Å². The summed E-state index contributed by atoms with van der Waals surface area (Å²) in [5.41, 5.74) is -0.846. The van der Waals surface area contributed by atoms with E-state index >= 15 is 0 Å². The molecule has 0 bridgehead atoms. The fourth-order valence-electron chi connectivity index (χ4n) is 1.67. The lowest BCUT2D eigenvalue weighted by Crippen LogP contribution is -2.41. The summed E-state index contributed by atoms with van der Waals surface area (Å²) in [5, 5.41) is 8.87. The number of methoxy groups -OCH3 is 1. The molecule has 1 heterocycles. The first-order chi connectivity index (χ1) is 10.7. The van der Waals surface area contributed by atoms with Crippen LogP contribution in [0.3, 0.4) is 0 Å². The molecule has 0 saturated heterocycles. The Labute approximate surface area is 132 Å². The van der Waals surface area contributed by atoms with E-state index in [4.69, 9.17) is 9.26 Å². The number of hydrogen-bond acceptors (Lipinski definition) is 7. The molecule has 9 heteroatoms. The number of hydrogen-bond donors (Lipinski definition) is 2. The maximum absolute atomic E-state index is 12.2. The first kappa shape index (κ1) is 16.8. The minimum Gasteiger partial charge on any atom is -0.437 e. The van der Waals surface area contributed by atoms with Crippen LogP contribution in [-0.2, 0) is 4.74 Å². The molecule has 1 aliphatic carbocycles. The normalized spacial score (nSPS) is 14.1. The van der Waals surface area contributed by atoms with Gasteiger partial charge in [0, 0.05) is 11.6 Å². The molecule has 9 nitrogen and oxygen atoms in total. The standard InChI is InChI=1S/C14H19N3O6/c1-14(2,3)16-11(18)8-9(22-13(20)21-4)10(23-17-8)12(19)15-7-5-6-7/h7H,5-6H2,1-4H3,(H,15,19)(H,16,18). The van der Waals surface area contributed by atoms with Gasteiger partial charge < -0.3 is 24.6 Å². The maximum atomic E-state index is 12.2.